The molecule has 1 aromatic heterocycles. The summed E-state index contributed by atoms with van der Waals surface area (Å²) in [4.78, 5) is 12.5. The average molecular weight is 341 g/mol. The van der Waals surface area contributed by atoms with Crippen LogP contribution in [-0.4, -0.2) is 33.5 Å². The van der Waals surface area contributed by atoms with Crippen molar-refractivity contribution in [2.75, 3.05) is 6.54 Å². The highest BCUT2D eigenvalue weighted by atomic mass is 16.1. The van der Waals surface area contributed by atoms with Gasteiger partial charge < -0.3 is 11.1 Å². The van der Waals surface area contributed by atoms with E-state index in [-0.39, 0.29) is 18.4 Å². The van der Waals surface area contributed by atoms with Crippen LogP contribution in [0.25, 0.3) is 5.69 Å². The Labute approximate surface area is 148 Å². The average Bonchev–Trinajstić information content (AvgIpc) is 3.01. The lowest BCUT2D eigenvalue weighted by Crippen LogP contribution is -2.46. The third kappa shape index (κ3) is 4.25. The van der Waals surface area contributed by atoms with Crippen LogP contribution in [0, 0.1) is 12.8 Å². The van der Waals surface area contributed by atoms with Crippen LogP contribution in [0.15, 0.2) is 30.3 Å². The zero-order chi connectivity index (χ0) is 17.6. The number of carbonyl (C=O) groups is 1. The molecule has 3 N–H and O–H groups in total. The van der Waals surface area contributed by atoms with Crippen molar-refractivity contribution in [2.24, 2.45) is 11.7 Å². The molecule has 1 aliphatic rings. The predicted molar refractivity (Wildman–Crippen MR) is 97.4 cm³/mol. The van der Waals surface area contributed by atoms with Crippen molar-refractivity contribution < 1.29 is 4.79 Å². The number of carbonyl (C=O) groups excluding carboxylic acids is 1. The summed E-state index contributed by atoms with van der Waals surface area (Å²) in [5.41, 5.74) is 8.46. The first-order valence-corrected chi connectivity index (χ1v) is 9.15. The Morgan fingerprint density at radius 2 is 2.00 bits per heavy atom. The van der Waals surface area contributed by atoms with Crippen molar-refractivity contribution in [2.45, 2.75) is 51.5 Å². The lowest BCUT2D eigenvalue weighted by Gasteiger charge is -2.30. The van der Waals surface area contributed by atoms with Gasteiger partial charge in [-0.2, -0.15) is 0 Å². The Morgan fingerprint density at radius 3 is 2.68 bits per heavy atom. The van der Waals surface area contributed by atoms with E-state index in [9.17, 15) is 4.79 Å². The quantitative estimate of drug-likeness (QED) is 0.843. The molecule has 1 heterocycles. The molecule has 6 nitrogen and oxygen atoms in total. The summed E-state index contributed by atoms with van der Waals surface area (Å²) in [5, 5.41) is 11.5. The number of aromatic nitrogens is 3. The van der Waals surface area contributed by atoms with Crippen LogP contribution in [0.2, 0.25) is 0 Å². The molecule has 0 aliphatic heterocycles. The second kappa shape index (κ2) is 8.25. The van der Waals surface area contributed by atoms with E-state index in [1.165, 1.54) is 19.3 Å². The van der Waals surface area contributed by atoms with Gasteiger partial charge in [0.1, 0.15) is 0 Å². The summed E-state index contributed by atoms with van der Waals surface area (Å²) < 4.78 is 1.77. The van der Waals surface area contributed by atoms with Gasteiger partial charge in [0.25, 0.3) is 0 Å². The van der Waals surface area contributed by atoms with Gasteiger partial charge in [0.05, 0.1) is 23.5 Å². The van der Waals surface area contributed by atoms with Crippen molar-refractivity contribution in [1.82, 2.24) is 20.3 Å². The third-order valence-corrected chi connectivity index (χ3v) is 5.14. The molecule has 1 aliphatic carbocycles. The number of rotatable bonds is 6. The second-order valence-corrected chi connectivity index (χ2v) is 6.85. The van der Waals surface area contributed by atoms with Gasteiger partial charge in [-0.25, -0.2) is 4.68 Å². The fourth-order valence-corrected chi connectivity index (χ4v) is 3.65. The maximum absolute atomic E-state index is 12.5. The fraction of sp³-hybridized carbons (Fsp3) is 0.526. The van der Waals surface area contributed by atoms with Crippen LogP contribution in [-0.2, 0) is 11.2 Å². The smallest absolute Gasteiger partial charge is 0.226 e. The van der Waals surface area contributed by atoms with Gasteiger partial charge in [-0.05, 0) is 37.8 Å². The molecule has 1 atom stereocenters. The van der Waals surface area contributed by atoms with Crippen LogP contribution >= 0.6 is 0 Å². The Bertz CT molecular complexity index is 691. The number of benzene rings is 1. The van der Waals surface area contributed by atoms with E-state index < -0.39 is 0 Å². The third-order valence-electron chi connectivity index (χ3n) is 5.14. The molecular formula is C19H27N5O. The van der Waals surface area contributed by atoms with Gasteiger partial charge in [-0.1, -0.05) is 42.7 Å². The molecule has 1 amide bonds. The lowest BCUT2D eigenvalue weighted by molar-refractivity contribution is -0.121. The van der Waals surface area contributed by atoms with Crippen molar-refractivity contribution in [3.8, 4) is 5.69 Å². The summed E-state index contributed by atoms with van der Waals surface area (Å²) in [7, 11) is 0. The SMILES string of the molecule is Cc1c(CC(=O)NC(CN)C2CCCCC2)nnn1-c1ccccc1. The summed E-state index contributed by atoms with van der Waals surface area (Å²) in [6.07, 6.45) is 6.32. The van der Waals surface area contributed by atoms with Crippen LogP contribution in [0.3, 0.4) is 0 Å². The molecule has 3 rings (SSSR count). The Hall–Kier alpha value is -2.21. The van der Waals surface area contributed by atoms with Crippen molar-refractivity contribution >= 4 is 5.91 Å². The molecule has 0 bridgehead atoms. The van der Waals surface area contributed by atoms with E-state index in [2.05, 4.69) is 15.6 Å². The van der Waals surface area contributed by atoms with Crippen LogP contribution in [0.1, 0.15) is 43.5 Å². The predicted octanol–water partition coefficient (Wildman–Crippen LogP) is 2.14. The number of hydrogen-bond donors (Lipinski definition) is 2. The maximum Gasteiger partial charge on any atom is 0.226 e. The van der Waals surface area contributed by atoms with Crippen molar-refractivity contribution in [1.29, 1.82) is 0 Å². The Kier molecular flexibility index (Phi) is 5.81. The first-order chi connectivity index (χ1) is 12.2. The minimum absolute atomic E-state index is 0.0239. The van der Waals surface area contributed by atoms with Crippen LogP contribution in [0.5, 0.6) is 0 Å². The highest BCUT2D eigenvalue weighted by molar-refractivity contribution is 5.78. The minimum atomic E-state index is -0.0239. The first kappa shape index (κ1) is 17.6. The van der Waals surface area contributed by atoms with E-state index in [0.717, 1.165) is 24.2 Å². The molecule has 1 unspecified atom stereocenters. The Balaban J connectivity index is 1.64. The zero-order valence-corrected chi connectivity index (χ0v) is 14.8. The molecule has 0 saturated heterocycles. The molecular weight excluding hydrogens is 314 g/mol. The topological polar surface area (TPSA) is 85.8 Å². The molecule has 1 fully saturated rings. The molecule has 6 heteroatoms. The van der Waals surface area contributed by atoms with E-state index in [4.69, 9.17) is 5.73 Å². The number of hydrogen-bond acceptors (Lipinski definition) is 4. The van der Waals surface area contributed by atoms with E-state index >= 15 is 0 Å². The molecule has 0 spiro atoms. The number of nitrogens with one attached hydrogen (secondary N) is 1. The van der Waals surface area contributed by atoms with E-state index in [1.54, 1.807) is 4.68 Å². The fourth-order valence-electron chi connectivity index (χ4n) is 3.65. The van der Waals surface area contributed by atoms with Gasteiger partial charge in [0, 0.05) is 12.6 Å². The molecule has 1 saturated carbocycles. The largest absolute Gasteiger partial charge is 0.351 e. The van der Waals surface area contributed by atoms with Gasteiger partial charge >= 0.3 is 0 Å². The molecule has 2 aromatic rings. The second-order valence-electron chi connectivity index (χ2n) is 6.85. The Morgan fingerprint density at radius 1 is 1.28 bits per heavy atom. The van der Waals surface area contributed by atoms with Gasteiger partial charge in [0.15, 0.2) is 0 Å². The summed E-state index contributed by atoms with van der Waals surface area (Å²) >= 11 is 0. The van der Waals surface area contributed by atoms with Crippen molar-refractivity contribution in [3.63, 3.8) is 0 Å². The van der Waals surface area contributed by atoms with E-state index in [0.29, 0.717) is 18.2 Å². The standard InChI is InChI=1S/C19H27N5O/c1-14-17(22-23-24(14)16-10-6-3-7-11-16)12-19(25)21-18(13-20)15-8-4-2-5-9-15/h3,6-7,10-11,15,18H,2,4-5,8-9,12-13,20H2,1H3,(H,21,25). The molecule has 25 heavy (non-hydrogen) atoms. The molecule has 1 aromatic carbocycles. The highest BCUT2D eigenvalue weighted by Crippen LogP contribution is 2.26. The maximum atomic E-state index is 12.5. The summed E-state index contributed by atoms with van der Waals surface area (Å²) in [6, 6.07) is 9.88. The monoisotopic (exact) mass is 341 g/mol. The van der Waals surface area contributed by atoms with Crippen molar-refractivity contribution in [3.05, 3.63) is 41.7 Å². The number of nitrogens with zero attached hydrogens (tertiary/aromatic N) is 3. The number of para-hydroxylation sites is 1. The number of nitrogens with two attached hydrogens (primary N) is 1. The lowest BCUT2D eigenvalue weighted by atomic mass is 9.84. The van der Waals surface area contributed by atoms with Gasteiger partial charge in [-0.3, -0.25) is 4.79 Å². The number of amides is 1. The van der Waals surface area contributed by atoms with Gasteiger partial charge in [-0.15, -0.1) is 5.10 Å². The minimum Gasteiger partial charge on any atom is -0.351 e. The summed E-state index contributed by atoms with van der Waals surface area (Å²) in [5.74, 6) is 0.480. The zero-order valence-electron chi connectivity index (χ0n) is 14.8. The normalized spacial score (nSPS) is 16.6. The molecule has 134 valence electrons. The van der Waals surface area contributed by atoms with E-state index in [1.807, 2.05) is 37.3 Å². The van der Waals surface area contributed by atoms with Gasteiger partial charge in [0.2, 0.25) is 5.91 Å². The first-order valence-electron chi connectivity index (χ1n) is 9.15. The molecule has 0 radical (unpaired) electrons. The summed E-state index contributed by atoms with van der Waals surface area (Å²) in [6.45, 7) is 2.43. The van der Waals surface area contributed by atoms with Crippen LogP contribution < -0.4 is 11.1 Å². The van der Waals surface area contributed by atoms with Crippen LogP contribution in [0.4, 0.5) is 0 Å². The highest BCUT2D eigenvalue weighted by Gasteiger charge is 2.24.